The van der Waals surface area contributed by atoms with Crippen LogP contribution in [-0.4, -0.2) is 16.6 Å². The minimum absolute atomic E-state index is 0.0187. The molecule has 0 unspecified atom stereocenters. The van der Waals surface area contributed by atoms with Crippen molar-refractivity contribution in [2.45, 2.75) is 64.6 Å². The van der Waals surface area contributed by atoms with E-state index in [-0.39, 0.29) is 11.8 Å². The third-order valence-electron chi connectivity index (χ3n) is 3.40. The Morgan fingerprint density at radius 3 is 2.38 bits per heavy atom. The van der Waals surface area contributed by atoms with Crippen LogP contribution in [0, 0.1) is 10.1 Å². The molecule has 1 fully saturated rings. The van der Waals surface area contributed by atoms with Crippen LogP contribution in [0.4, 0.5) is 5.69 Å². The fourth-order valence-electron chi connectivity index (χ4n) is 2.48. The van der Waals surface area contributed by atoms with Crippen molar-refractivity contribution in [1.82, 2.24) is 0 Å². The van der Waals surface area contributed by atoms with E-state index in [1.54, 1.807) is 6.07 Å². The van der Waals surface area contributed by atoms with Crippen molar-refractivity contribution in [3.8, 4) is 11.5 Å². The van der Waals surface area contributed by atoms with Crippen molar-refractivity contribution >= 4 is 5.69 Å². The van der Waals surface area contributed by atoms with Crippen LogP contribution < -0.4 is 9.47 Å². The molecule has 1 aromatic rings. The molecule has 1 aromatic carbocycles. The van der Waals surface area contributed by atoms with E-state index in [0.717, 1.165) is 12.8 Å². The lowest BCUT2D eigenvalue weighted by atomic mass is 9.98. The summed E-state index contributed by atoms with van der Waals surface area (Å²) in [5.74, 6) is 1.05. The number of nitrogens with zero attached hydrogens (tertiary/aromatic N) is 1. The van der Waals surface area contributed by atoms with Gasteiger partial charge in [-0.25, -0.2) is 0 Å². The lowest BCUT2D eigenvalue weighted by Gasteiger charge is -2.27. The maximum Gasteiger partial charge on any atom is 0.273 e. The summed E-state index contributed by atoms with van der Waals surface area (Å²) in [6.45, 7) is 5.74. The Kier molecular flexibility index (Phi) is 4.70. The molecule has 0 radical (unpaired) electrons. The smallest absolute Gasteiger partial charge is 0.273 e. The maximum atomic E-state index is 10.9. The van der Waals surface area contributed by atoms with Crippen molar-refractivity contribution in [2.24, 2.45) is 0 Å². The number of nitro benzene ring substituents is 1. The molecular weight excluding hydrogens is 270 g/mol. The SMILES string of the molecule is CC(C)(C)Oc1cc([N+](=O)[O-])ccc1OC1CCCCC1. The highest BCUT2D eigenvalue weighted by molar-refractivity contribution is 5.49. The molecule has 5 heteroatoms. The van der Waals surface area contributed by atoms with Gasteiger partial charge >= 0.3 is 0 Å². The van der Waals surface area contributed by atoms with Crippen LogP contribution in [0.25, 0.3) is 0 Å². The Hall–Kier alpha value is -1.78. The normalized spacial score (nSPS) is 16.5. The van der Waals surface area contributed by atoms with Gasteiger partial charge in [-0.2, -0.15) is 0 Å². The molecule has 2 rings (SSSR count). The summed E-state index contributed by atoms with van der Waals surface area (Å²) in [4.78, 5) is 10.5. The Labute approximate surface area is 125 Å². The Morgan fingerprint density at radius 1 is 1.14 bits per heavy atom. The highest BCUT2D eigenvalue weighted by Crippen LogP contribution is 2.36. The molecule has 0 atom stereocenters. The van der Waals surface area contributed by atoms with Crippen molar-refractivity contribution < 1.29 is 14.4 Å². The molecule has 0 saturated heterocycles. The Morgan fingerprint density at radius 2 is 1.81 bits per heavy atom. The molecule has 0 heterocycles. The average Bonchev–Trinajstić information content (AvgIpc) is 2.40. The summed E-state index contributed by atoms with van der Waals surface area (Å²) in [6, 6.07) is 4.56. The number of hydrogen-bond donors (Lipinski definition) is 0. The van der Waals surface area contributed by atoms with Crippen molar-refractivity contribution in [3.05, 3.63) is 28.3 Å². The highest BCUT2D eigenvalue weighted by atomic mass is 16.6. The first-order valence-corrected chi connectivity index (χ1v) is 7.49. The van der Waals surface area contributed by atoms with Gasteiger partial charge < -0.3 is 9.47 Å². The third kappa shape index (κ3) is 4.62. The van der Waals surface area contributed by atoms with Crippen LogP contribution in [0.5, 0.6) is 11.5 Å². The minimum Gasteiger partial charge on any atom is -0.487 e. The van der Waals surface area contributed by atoms with Crippen LogP contribution in [0.1, 0.15) is 52.9 Å². The number of benzene rings is 1. The van der Waals surface area contributed by atoms with Crippen LogP contribution in [0.2, 0.25) is 0 Å². The lowest BCUT2D eigenvalue weighted by molar-refractivity contribution is -0.385. The molecule has 116 valence electrons. The van der Waals surface area contributed by atoms with E-state index in [1.807, 2.05) is 20.8 Å². The van der Waals surface area contributed by atoms with Crippen LogP contribution in [0.3, 0.4) is 0 Å². The lowest BCUT2D eigenvalue weighted by Crippen LogP contribution is -2.25. The van der Waals surface area contributed by atoms with Gasteiger partial charge in [0.1, 0.15) is 5.60 Å². The van der Waals surface area contributed by atoms with E-state index in [2.05, 4.69) is 0 Å². The predicted molar refractivity (Wildman–Crippen MR) is 81.0 cm³/mol. The Bertz CT molecular complexity index is 501. The number of hydrogen-bond acceptors (Lipinski definition) is 4. The monoisotopic (exact) mass is 293 g/mol. The predicted octanol–water partition coefficient (Wildman–Crippen LogP) is 4.48. The second kappa shape index (κ2) is 6.33. The summed E-state index contributed by atoms with van der Waals surface area (Å²) in [5.41, 5.74) is -0.412. The van der Waals surface area contributed by atoms with E-state index in [9.17, 15) is 10.1 Å². The minimum atomic E-state index is -0.431. The maximum absolute atomic E-state index is 10.9. The van der Waals surface area contributed by atoms with Crippen molar-refractivity contribution in [1.29, 1.82) is 0 Å². The fourth-order valence-corrected chi connectivity index (χ4v) is 2.48. The molecule has 5 nitrogen and oxygen atoms in total. The van der Waals surface area contributed by atoms with Gasteiger partial charge in [-0.15, -0.1) is 0 Å². The topological polar surface area (TPSA) is 61.6 Å². The summed E-state index contributed by atoms with van der Waals surface area (Å²) in [7, 11) is 0. The number of non-ortho nitro benzene ring substituents is 1. The quantitative estimate of drug-likeness (QED) is 0.606. The average molecular weight is 293 g/mol. The second-order valence-electron chi connectivity index (χ2n) is 6.48. The van der Waals surface area contributed by atoms with Gasteiger partial charge in [-0.05, 0) is 52.5 Å². The molecule has 1 saturated carbocycles. The fraction of sp³-hybridized carbons (Fsp3) is 0.625. The summed E-state index contributed by atoms with van der Waals surface area (Å²) >= 11 is 0. The molecule has 21 heavy (non-hydrogen) atoms. The molecule has 0 bridgehead atoms. The van der Waals surface area contributed by atoms with Gasteiger partial charge in [0.2, 0.25) is 0 Å². The summed E-state index contributed by atoms with van der Waals surface area (Å²) < 4.78 is 11.9. The van der Waals surface area contributed by atoms with E-state index in [0.29, 0.717) is 11.5 Å². The van der Waals surface area contributed by atoms with Gasteiger partial charge in [-0.1, -0.05) is 6.42 Å². The zero-order chi connectivity index (χ0) is 15.5. The molecule has 0 spiro atoms. The Balaban J connectivity index is 2.23. The van der Waals surface area contributed by atoms with Gasteiger partial charge in [0, 0.05) is 6.07 Å². The first-order valence-electron chi connectivity index (χ1n) is 7.49. The summed E-state index contributed by atoms with van der Waals surface area (Å²) in [6.07, 6.45) is 5.85. The van der Waals surface area contributed by atoms with Crippen LogP contribution in [-0.2, 0) is 0 Å². The van der Waals surface area contributed by atoms with E-state index in [1.165, 1.54) is 31.4 Å². The van der Waals surface area contributed by atoms with Gasteiger partial charge in [0.15, 0.2) is 11.5 Å². The molecule has 0 aromatic heterocycles. The molecule has 1 aliphatic rings. The molecule has 1 aliphatic carbocycles. The highest BCUT2D eigenvalue weighted by Gasteiger charge is 2.22. The molecule has 0 aliphatic heterocycles. The van der Waals surface area contributed by atoms with Crippen molar-refractivity contribution in [2.75, 3.05) is 0 Å². The van der Waals surface area contributed by atoms with Gasteiger partial charge in [0.25, 0.3) is 5.69 Å². The first-order chi connectivity index (χ1) is 9.85. The summed E-state index contributed by atoms with van der Waals surface area (Å²) in [5, 5.41) is 10.9. The standard InChI is InChI=1S/C16H23NO4/c1-16(2,3)21-15-11-12(17(18)19)9-10-14(15)20-13-7-5-4-6-8-13/h9-11,13H,4-8H2,1-3H3. The molecular formula is C16H23NO4. The second-order valence-corrected chi connectivity index (χ2v) is 6.48. The zero-order valence-corrected chi connectivity index (χ0v) is 12.9. The van der Waals surface area contributed by atoms with Gasteiger partial charge in [-0.3, -0.25) is 10.1 Å². The van der Waals surface area contributed by atoms with Crippen molar-refractivity contribution in [3.63, 3.8) is 0 Å². The van der Waals surface area contributed by atoms with Crippen LogP contribution >= 0.6 is 0 Å². The largest absolute Gasteiger partial charge is 0.487 e. The van der Waals surface area contributed by atoms with E-state index < -0.39 is 10.5 Å². The number of ether oxygens (including phenoxy) is 2. The van der Waals surface area contributed by atoms with Gasteiger partial charge in [0.05, 0.1) is 17.1 Å². The number of rotatable bonds is 4. The zero-order valence-electron chi connectivity index (χ0n) is 12.9. The first kappa shape index (κ1) is 15.6. The molecule has 0 N–H and O–H groups in total. The van der Waals surface area contributed by atoms with E-state index >= 15 is 0 Å². The van der Waals surface area contributed by atoms with E-state index in [4.69, 9.17) is 9.47 Å². The number of nitro groups is 1. The third-order valence-corrected chi connectivity index (χ3v) is 3.40. The molecule has 0 amide bonds. The van der Waals surface area contributed by atoms with Crippen LogP contribution in [0.15, 0.2) is 18.2 Å².